The molecule has 2 fully saturated rings. The van der Waals surface area contributed by atoms with Gasteiger partial charge in [-0.25, -0.2) is 4.90 Å². The minimum absolute atomic E-state index is 0.195. The van der Waals surface area contributed by atoms with Crippen molar-refractivity contribution >= 4 is 39.3 Å². The summed E-state index contributed by atoms with van der Waals surface area (Å²) in [6, 6.07) is 0. The molecule has 4 nitrogen and oxygen atoms in total. The second kappa shape index (κ2) is 6.61. The minimum Gasteiger partial charge on any atom is -0.274 e. The van der Waals surface area contributed by atoms with Crippen LogP contribution in [0.25, 0.3) is 0 Å². The summed E-state index contributed by atoms with van der Waals surface area (Å²) in [4.78, 5) is 35.3. The molecule has 0 aliphatic carbocycles. The molecule has 2 rings (SSSR count). The number of amides is 3. The van der Waals surface area contributed by atoms with Gasteiger partial charge in [0, 0.05) is 30.3 Å². The molecule has 2 saturated heterocycles. The predicted molar refractivity (Wildman–Crippen MR) is 73.0 cm³/mol. The normalized spacial score (nSPS) is 24.0. The number of hydrogen-bond donors (Lipinski definition) is 0. The zero-order valence-electron chi connectivity index (χ0n) is 10.2. The number of carbonyl (C=O) groups is 3. The smallest absolute Gasteiger partial charge is 0.236 e. The molecule has 0 aromatic carbocycles. The first-order valence-corrected chi connectivity index (χ1v) is 8.73. The van der Waals surface area contributed by atoms with Crippen molar-refractivity contribution in [1.82, 2.24) is 4.90 Å². The first-order valence-electron chi connectivity index (χ1n) is 6.35. The van der Waals surface area contributed by atoms with Crippen molar-refractivity contribution in [3.8, 4) is 0 Å². The highest BCUT2D eigenvalue weighted by molar-refractivity contribution is 8.77. The Bertz CT molecular complexity index is 337. The lowest BCUT2D eigenvalue weighted by Crippen LogP contribution is -2.35. The number of unbranched alkanes of at least 4 members (excludes halogenated alkanes) is 1. The molecule has 0 aromatic rings. The third-order valence-corrected chi connectivity index (χ3v) is 6.20. The standard InChI is InChI=1S/C12H17NO3S2/c14-10(13-11(15)5-6-12(13)16)4-2-1-3-9-7-8-17-18-9/h9H,1-8H2. The number of likely N-dealkylation sites (tertiary alicyclic amines) is 1. The number of carbonyl (C=O) groups excluding carboxylic acids is 3. The molecule has 0 saturated carbocycles. The Morgan fingerprint density at radius 2 is 1.94 bits per heavy atom. The van der Waals surface area contributed by atoms with E-state index < -0.39 is 0 Å². The Morgan fingerprint density at radius 1 is 1.22 bits per heavy atom. The van der Waals surface area contributed by atoms with E-state index in [2.05, 4.69) is 0 Å². The van der Waals surface area contributed by atoms with Crippen LogP contribution in [-0.4, -0.2) is 33.6 Å². The molecular weight excluding hydrogens is 270 g/mol. The fourth-order valence-corrected chi connectivity index (χ4v) is 5.21. The molecule has 0 aromatic heterocycles. The second-order valence-corrected chi connectivity index (χ2v) is 7.38. The van der Waals surface area contributed by atoms with Crippen LogP contribution in [0.15, 0.2) is 0 Å². The molecule has 0 radical (unpaired) electrons. The van der Waals surface area contributed by atoms with Crippen molar-refractivity contribution < 1.29 is 14.4 Å². The van der Waals surface area contributed by atoms with E-state index in [9.17, 15) is 14.4 Å². The van der Waals surface area contributed by atoms with Crippen LogP contribution in [0, 0.1) is 0 Å². The average molecular weight is 287 g/mol. The molecule has 6 heteroatoms. The van der Waals surface area contributed by atoms with E-state index in [1.54, 1.807) is 0 Å². The van der Waals surface area contributed by atoms with Crippen LogP contribution >= 0.6 is 21.6 Å². The van der Waals surface area contributed by atoms with Crippen LogP contribution in [-0.2, 0) is 14.4 Å². The summed E-state index contributed by atoms with van der Waals surface area (Å²) in [5.74, 6) is 0.266. The highest BCUT2D eigenvalue weighted by atomic mass is 33.1. The van der Waals surface area contributed by atoms with Crippen molar-refractivity contribution in [2.24, 2.45) is 0 Å². The van der Waals surface area contributed by atoms with E-state index in [0.29, 0.717) is 6.42 Å². The number of nitrogens with zero attached hydrogens (tertiary/aromatic N) is 1. The molecule has 0 N–H and O–H groups in total. The van der Waals surface area contributed by atoms with Crippen LogP contribution in [0.2, 0.25) is 0 Å². The Morgan fingerprint density at radius 3 is 2.56 bits per heavy atom. The highest BCUT2D eigenvalue weighted by Gasteiger charge is 2.33. The molecule has 2 aliphatic heterocycles. The van der Waals surface area contributed by atoms with Crippen molar-refractivity contribution in [2.45, 2.75) is 50.2 Å². The van der Waals surface area contributed by atoms with Gasteiger partial charge in [0.15, 0.2) is 0 Å². The molecule has 2 heterocycles. The van der Waals surface area contributed by atoms with E-state index in [-0.39, 0.29) is 30.6 Å². The fourth-order valence-electron chi connectivity index (χ4n) is 2.18. The maximum Gasteiger partial charge on any atom is 0.236 e. The van der Waals surface area contributed by atoms with Crippen molar-refractivity contribution in [3.05, 3.63) is 0 Å². The van der Waals surface area contributed by atoms with Gasteiger partial charge in [0.25, 0.3) is 0 Å². The van der Waals surface area contributed by atoms with Crippen LogP contribution in [0.1, 0.15) is 44.9 Å². The first-order chi connectivity index (χ1) is 8.68. The predicted octanol–water partition coefficient (Wildman–Crippen LogP) is 2.38. The van der Waals surface area contributed by atoms with Gasteiger partial charge in [-0.1, -0.05) is 28.0 Å². The second-order valence-electron chi connectivity index (χ2n) is 4.59. The van der Waals surface area contributed by atoms with Crippen molar-refractivity contribution in [2.75, 3.05) is 5.75 Å². The monoisotopic (exact) mass is 287 g/mol. The van der Waals surface area contributed by atoms with Gasteiger partial charge in [-0.15, -0.1) is 0 Å². The SMILES string of the molecule is O=C(CCCCC1CCSS1)N1C(=O)CCC1=O. The summed E-state index contributed by atoms with van der Waals surface area (Å²) in [5.41, 5.74) is 0. The zero-order valence-corrected chi connectivity index (χ0v) is 11.9. The van der Waals surface area contributed by atoms with Gasteiger partial charge >= 0.3 is 0 Å². The van der Waals surface area contributed by atoms with Crippen LogP contribution < -0.4 is 0 Å². The third-order valence-electron chi connectivity index (χ3n) is 3.19. The molecule has 1 unspecified atom stereocenters. The summed E-state index contributed by atoms with van der Waals surface area (Å²) in [5, 5.41) is 0.722. The summed E-state index contributed by atoms with van der Waals surface area (Å²) in [6.07, 6.45) is 4.88. The van der Waals surface area contributed by atoms with Gasteiger partial charge in [0.1, 0.15) is 0 Å². The first kappa shape index (κ1) is 13.9. The van der Waals surface area contributed by atoms with Crippen LogP contribution in [0.4, 0.5) is 0 Å². The molecule has 2 aliphatic rings. The Kier molecular flexibility index (Phi) is 5.12. The lowest BCUT2D eigenvalue weighted by atomic mass is 10.1. The van der Waals surface area contributed by atoms with Gasteiger partial charge in [-0.3, -0.25) is 14.4 Å². The topological polar surface area (TPSA) is 54.5 Å². The van der Waals surface area contributed by atoms with Crippen molar-refractivity contribution in [1.29, 1.82) is 0 Å². The lowest BCUT2D eigenvalue weighted by Gasteiger charge is -2.12. The quantitative estimate of drug-likeness (QED) is 0.441. The molecule has 0 spiro atoms. The van der Waals surface area contributed by atoms with Crippen molar-refractivity contribution in [3.63, 3.8) is 0 Å². The van der Waals surface area contributed by atoms with E-state index in [1.807, 2.05) is 21.6 Å². The molecule has 18 heavy (non-hydrogen) atoms. The summed E-state index contributed by atoms with van der Waals surface area (Å²) < 4.78 is 0. The van der Waals surface area contributed by atoms with E-state index >= 15 is 0 Å². The maximum atomic E-state index is 11.7. The van der Waals surface area contributed by atoms with E-state index in [1.165, 1.54) is 12.2 Å². The average Bonchev–Trinajstić information content (AvgIpc) is 2.95. The van der Waals surface area contributed by atoms with Gasteiger partial charge in [-0.2, -0.15) is 0 Å². The summed E-state index contributed by atoms with van der Waals surface area (Å²) >= 11 is 0. The Balaban J connectivity index is 1.65. The molecule has 3 amide bonds. The van der Waals surface area contributed by atoms with Crippen LogP contribution in [0.5, 0.6) is 0 Å². The number of rotatable bonds is 5. The zero-order chi connectivity index (χ0) is 13.0. The largest absolute Gasteiger partial charge is 0.274 e. The van der Waals surface area contributed by atoms with Gasteiger partial charge < -0.3 is 0 Å². The van der Waals surface area contributed by atoms with Gasteiger partial charge in [0.2, 0.25) is 17.7 Å². The lowest BCUT2D eigenvalue weighted by molar-refractivity contribution is -0.149. The molecular formula is C12H17NO3S2. The van der Waals surface area contributed by atoms with E-state index in [4.69, 9.17) is 0 Å². The van der Waals surface area contributed by atoms with Gasteiger partial charge in [-0.05, 0) is 19.3 Å². The minimum atomic E-state index is -0.326. The highest BCUT2D eigenvalue weighted by Crippen LogP contribution is 2.39. The van der Waals surface area contributed by atoms with Gasteiger partial charge in [0.05, 0.1) is 0 Å². The third kappa shape index (κ3) is 3.51. The number of hydrogen-bond acceptors (Lipinski definition) is 5. The molecule has 100 valence electrons. The summed E-state index contributed by atoms with van der Waals surface area (Å²) in [7, 11) is 3.86. The van der Waals surface area contributed by atoms with Crippen LogP contribution in [0.3, 0.4) is 0 Å². The molecule has 1 atom stereocenters. The molecule has 0 bridgehead atoms. The number of imide groups is 3. The maximum absolute atomic E-state index is 11.7. The fraction of sp³-hybridized carbons (Fsp3) is 0.750. The Labute approximate surface area is 115 Å². The van der Waals surface area contributed by atoms with E-state index in [0.717, 1.165) is 29.4 Å². The summed E-state index contributed by atoms with van der Waals surface area (Å²) in [6.45, 7) is 0. The Hall–Kier alpha value is -0.490.